The number of thioether (sulfide) groups is 1. The van der Waals surface area contributed by atoms with Gasteiger partial charge in [-0.05, 0) is 12.1 Å². The molecule has 1 rings (SSSR count). The summed E-state index contributed by atoms with van der Waals surface area (Å²) in [5, 5.41) is 3.28. The van der Waals surface area contributed by atoms with Crippen molar-refractivity contribution in [3.8, 4) is 0 Å². The molecule has 1 aromatic rings. The van der Waals surface area contributed by atoms with Crippen LogP contribution in [0.1, 0.15) is 0 Å². The maximum atomic E-state index is 5.83. The summed E-state index contributed by atoms with van der Waals surface area (Å²) in [4.78, 5) is 1.11. The summed E-state index contributed by atoms with van der Waals surface area (Å²) < 4.78 is 10.2. The second-order valence-electron chi connectivity index (χ2n) is 3.43. The quantitative estimate of drug-likeness (QED) is 0.304. The van der Waals surface area contributed by atoms with E-state index in [0.717, 1.165) is 23.0 Å². The number of methoxy groups -OCH3 is 1. The van der Waals surface area contributed by atoms with Gasteiger partial charge in [-0.15, -0.1) is 11.8 Å². The third-order valence-corrected chi connectivity index (χ3v) is 3.13. The van der Waals surface area contributed by atoms with E-state index >= 15 is 0 Å². The number of hydrogen-bond donors (Lipinski definition) is 2. The van der Waals surface area contributed by atoms with E-state index in [1.165, 1.54) is 0 Å². The molecule has 1 aromatic carbocycles. The molecule has 0 spiro atoms. The van der Waals surface area contributed by atoms with Crippen LogP contribution in [0.2, 0.25) is 0 Å². The number of hydrogen-bond acceptors (Lipinski definition) is 5. The van der Waals surface area contributed by atoms with Crippen molar-refractivity contribution in [1.29, 1.82) is 0 Å². The third-order valence-electron chi connectivity index (χ3n) is 2.10. The van der Waals surface area contributed by atoms with Crippen LogP contribution in [0.15, 0.2) is 29.2 Å². The van der Waals surface area contributed by atoms with Gasteiger partial charge in [0, 0.05) is 30.1 Å². The van der Waals surface area contributed by atoms with Gasteiger partial charge in [0.15, 0.2) is 0 Å². The van der Waals surface area contributed by atoms with Crippen LogP contribution in [0.4, 0.5) is 5.69 Å². The fourth-order valence-corrected chi connectivity index (χ4v) is 2.01. The molecular formula is C12H20N2O2S. The van der Waals surface area contributed by atoms with E-state index in [1.54, 1.807) is 18.9 Å². The number of nitrogen functional groups attached to an aromatic ring is 1. The maximum absolute atomic E-state index is 5.83. The van der Waals surface area contributed by atoms with Gasteiger partial charge < -0.3 is 20.5 Å². The normalized spacial score (nSPS) is 10.6. The zero-order valence-corrected chi connectivity index (χ0v) is 11.0. The van der Waals surface area contributed by atoms with Gasteiger partial charge in [-0.1, -0.05) is 12.1 Å². The molecule has 17 heavy (non-hydrogen) atoms. The SMILES string of the molecule is COCCOCCNCSc1ccccc1N. The van der Waals surface area contributed by atoms with E-state index in [4.69, 9.17) is 15.2 Å². The molecule has 0 atom stereocenters. The monoisotopic (exact) mass is 256 g/mol. The Morgan fingerprint density at radius 1 is 1.24 bits per heavy atom. The highest BCUT2D eigenvalue weighted by molar-refractivity contribution is 7.99. The molecule has 96 valence electrons. The first-order valence-electron chi connectivity index (χ1n) is 5.59. The van der Waals surface area contributed by atoms with Gasteiger partial charge in [-0.2, -0.15) is 0 Å². The van der Waals surface area contributed by atoms with Gasteiger partial charge in [0.2, 0.25) is 0 Å². The summed E-state index contributed by atoms with van der Waals surface area (Å²) in [6.45, 7) is 2.84. The predicted octanol–water partition coefficient (Wildman–Crippen LogP) is 1.57. The Balaban J connectivity index is 1.99. The van der Waals surface area contributed by atoms with Gasteiger partial charge in [-0.25, -0.2) is 0 Å². The first-order valence-corrected chi connectivity index (χ1v) is 6.58. The molecule has 0 aliphatic carbocycles. The van der Waals surface area contributed by atoms with Crippen LogP contribution in [0.5, 0.6) is 0 Å². The molecule has 4 nitrogen and oxygen atoms in total. The number of benzene rings is 1. The van der Waals surface area contributed by atoms with E-state index in [0.29, 0.717) is 19.8 Å². The van der Waals surface area contributed by atoms with Crippen molar-refractivity contribution in [2.45, 2.75) is 4.90 Å². The Morgan fingerprint density at radius 3 is 2.82 bits per heavy atom. The molecule has 0 saturated carbocycles. The van der Waals surface area contributed by atoms with Crippen LogP contribution in [0.3, 0.4) is 0 Å². The van der Waals surface area contributed by atoms with E-state index in [-0.39, 0.29) is 0 Å². The number of para-hydroxylation sites is 1. The Labute approximate surface area is 107 Å². The van der Waals surface area contributed by atoms with Crippen LogP contribution < -0.4 is 11.1 Å². The molecule has 0 radical (unpaired) electrons. The van der Waals surface area contributed by atoms with Crippen molar-refractivity contribution in [2.75, 3.05) is 45.1 Å². The zero-order valence-electron chi connectivity index (χ0n) is 10.1. The lowest BCUT2D eigenvalue weighted by atomic mass is 10.3. The highest BCUT2D eigenvalue weighted by Gasteiger charge is 1.97. The smallest absolute Gasteiger partial charge is 0.0700 e. The van der Waals surface area contributed by atoms with Crippen LogP contribution >= 0.6 is 11.8 Å². The van der Waals surface area contributed by atoms with Gasteiger partial charge in [0.25, 0.3) is 0 Å². The van der Waals surface area contributed by atoms with Crippen molar-refractivity contribution >= 4 is 17.4 Å². The van der Waals surface area contributed by atoms with Gasteiger partial charge >= 0.3 is 0 Å². The molecule has 5 heteroatoms. The highest BCUT2D eigenvalue weighted by atomic mass is 32.2. The van der Waals surface area contributed by atoms with Gasteiger partial charge in [-0.3, -0.25) is 0 Å². The summed E-state index contributed by atoms with van der Waals surface area (Å²) >= 11 is 1.70. The van der Waals surface area contributed by atoms with Gasteiger partial charge in [0.1, 0.15) is 0 Å². The number of ether oxygens (including phenoxy) is 2. The molecule has 0 aromatic heterocycles. The average molecular weight is 256 g/mol. The number of rotatable bonds is 9. The minimum atomic E-state index is 0.648. The molecule has 0 aliphatic rings. The largest absolute Gasteiger partial charge is 0.398 e. The molecule has 0 amide bonds. The van der Waals surface area contributed by atoms with E-state index in [9.17, 15) is 0 Å². The first kappa shape index (κ1) is 14.3. The molecule has 0 saturated heterocycles. The fraction of sp³-hybridized carbons (Fsp3) is 0.500. The molecule has 0 fully saturated rings. The van der Waals surface area contributed by atoms with E-state index < -0.39 is 0 Å². The summed E-state index contributed by atoms with van der Waals surface area (Å²) in [5.41, 5.74) is 6.66. The lowest BCUT2D eigenvalue weighted by Gasteiger charge is -2.07. The minimum absolute atomic E-state index is 0.648. The Kier molecular flexibility index (Phi) is 7.83. The molecule has 0 unspecified atom stereocenters. The summed E-state index contributed by atoms with van der Waals surface area (Å²) in [6.07, 6.45) is 0. The fourth-order valence-electron chi connectivity index (χ4n) is 1.20. The summed E-state index contributed by atoms with van der Waals surface area (Å²) in [5.74, 6) is 0.835. The molecule has 3 N–H and O–H groups in total. The first-order chi connectivity index (χ1) is 8.34. The lowest BCUT2D eigenvalue weighted by molar-refractivity contribution is 0.0725. The number of anilines is 1. The molecule has 0 bridgehead atoms. The Morgan fingerprint density at radius 2 is 2.06 bits per heavy atom. The topological polar surface area (TPSA) is 56.5 Å². The van der Waals surface area contributed by atoms with Crippen LogP contribution in [0, 0.1) is 0 Å². The zero-order chi connectivity index (χ0) is 12.3. The van der Waals surface area contributed by atoms with Crippen molar-refractivity contribution < 1.29 is 9.47 Å². The maximum Gasteiger partial charge on any atom is 0.0700 e. The average Bonchev–Trinajstić information content (AvgIpc) is 2.35. The van der Waals surface area contributed by atoms with Crippen LogP contribution in [-0.4, -0.2) is 39.4 Å². The number of nitrogens with two attached hydrogens (primary N) is 1. The van der Waals surface area contributed by atoms with Gasteiger partial charge in [0.05, 0.1) is 19.8 Å². The summed E-state index contributed by atoms with van der Waals surface area (Å²) in [6, 6.07) is 7.87. The van der Waals surface area contributed by atoms with Crippen molar-refractivity contribution in [2.24, 2.45) is 0 Å². The Bertz CT molecular complexity index is 310. The molecular weight excluding hydrogens is 236 g/mol. The van der Waals surface area contributed by atoms with Crippen molar-refractivity contribution in [3.05, 3.63) is 24.3 Å². The van der Waals surface area contributed by atoms with Crippen LogP contribution in [-0.2, 0) is 9.47 Å². The van der Waals surface area contributed by atoms with Crippen molar-refractivity contribution in [1.82, 2.24) is 5.32 Å². The predicted molar refractivity (Wildman–Crippen MR) is 72.3 cm³/mol. The second kappa shape index (κ2) is 9.30. The number of nitrogens with one attached hydrogen (secondary N) is 1. The summed E-state index contributed by atoms with van der Waals surface area (Å²) in [7, 11) is 1.67. The minimum Gasteiger partial charge on any atom is -0.398 e. The van der Waals surface area contributed by atoms with Crippen molar-refractivity contribution in [3.63, 3.8) is 0 Å². The van der Waals surface area contributed by atoms with Crippen LogP contribution in [0.25, 0.3) is 0 Å². The standard InChI is InChI=1S/C12H20N2O2S/c1-15-8-9-16-7-6-14-10-17-12-5-3-2-4-11(12)13/h2-5,14H,6-10,13H2,1H3. The molecule has 0 heterocycles. The van der Waals surface area contributed by atoms with E-state index in [2.05, 4.69) is 5.32 Å². The van der Waals surface area contributed by atoms with E-state index in [1.807, 2.05) is 24.3 Å². The lowest BCUT2D eigenvalue weighted by Crippen LogP contribution is -2.20. The highest BCUT2D eigenvalue weighted by Crippen LogP contribution is 2.22. The second-order valence-corrected chi connectivity index (χ2v) is 4.45. The molecule has 0 aliphatic heterocycles. The Hall–Kier alpha value is -0.750. The third kappa shape index (κ3) is 6.53.